The molecule has 37 heavy (non-hydrogen) atoms. The van der Waals surface area contributed by atoms with E-state index in [9.17, 15) is 10.2 Å². The van der Waals surface area contributed by atoms with E-state index in [1.165, 1.54) is 33.4 Å². The lowest BCUT2D eigenvalue weighted by Gasteiger charge is -2.37. The van der Waals surface area contributed by atoms with Gasteiger partial charge in [-0.3, -0.25) is 0 Å². The third kappa shape index (κ3) is 2.76. The van der Waals surface area contributed by atoms with Crippen LogP contribution in [0.5, 0.6) is 11.5 Å². The maximum absolute atomic E-state index is 10.6. The summed E-state index contributed by atoms with van der Waals surface area (Å²) in [6, 6.07) is 37.5. The molecule has 0 saturated carbocycles. The SMILES string of the molecule is Cc1c(C2(c3ccc4c(O)cccc4c3C)c3ccccc3-c3ccccc32)ccc2c(O)cccc12. The molecule has 2 N–H and O–H groups in total. The topological polar surface area (TPSA) is 40.5 Å². The Hall–Kier alpha value is -4.56. The van der Waals surface area contributed by atoms with Crippen molar-refractivity contribution in [1.29, 1.82) is 0 Å². The number of hydrogen-bond donors (Lipinski definition) is 2. The van der Waals surface area contributed by atoms with E-state index in [2.05, 4.69) is 98.8 Å². The molecular formula is C35H26O2. The van der Waals surface area contributed by atoms with Gasteiger partial charge in [-0.2, -0.15) is 0 Å². The quantitative estimate of drug-likeness (QED) is 0.262. The van der Waals surface area contributed by atoms with Crippen LogP contribution < -0.4 is 0 Å². The molecule has 6 aromatic carbocycles. The van der Waals surface area contributed by atoms with Crippen LogP contribution in [-0.4, -0.2) is 10.2 Å². The van der Waals surface area contributed by atoms with E-state index in [4.69, 9.17) is 0 Å². The largest absolute Gasteiger partial charge is 0.507 e. The Morgan fingerprint density at radius 2 is 0.838 bits per heavy atom. The zero-order valence-electron chi connectivity index (χ0n) is 20.8. The van der Waals surface area contributed by atoms with Gasteiger partial charge in [0.2, 0.25) is 0 Å². The van der Waals surface area contributed by atoms with Crippen molar-refractivity contribution in [1.82, 2.24) is 0 Å². The number of aromatic hydroxyl groups is 2. The maximum atomic E-state index is 10.6. The van der Waals surface area contributed by atoms with Gasteiger partial charge < -0.3 is 10.2 Å². The van der Waals surface area contributed by atoms with Crippen LogP contribution in [0.2, 0.25) is 0 Å². The summed E-state index contributed by atoms with van der Waals surface area (Å²) in [5.74, 6) is 0.594. The molecule has 0 unspecified atom stereocenters. The lowest BCUT2D eigenvalue weighted by Crippen LogP contribution is -2.30. The molecule has 0 aromatic heterocycles. The molecule has 0 radical (unpaired) electrons. The highest BCUT2D eigenvalue weighted by Crippen LogP contribution is 2.58. The molecule has 0 bridgehead atoms. The Labute approximate surface area is 216 Å². The molecule has 0 amide bonds. The van der Waals surface area contributed by atoms with Crippen molar-refractivity contribution >= 4 is 21.5 Å². The lowest BCUT2D eigenvalue weighted by atomic mass is 9.64. The molecule has 178 valence electrons. The second kappa shape index (κ2) is 7.72. The summed E-state index contributed by atoms with van der Waals surface area (Å²) < 4.78 is 0. The molecule has 6 aromatic rings. The van der Waals surface area contributed by atoms with E-state index in [1.807, 2.05) is 12.1 Å². The molecule has 0 atom stereocenters. The Morgan fingerprint density at radius 1 is 0.405 bits per heavy atom. The Bertz CT molecular complexity index is 1740. The predicted molar refractivity (Wildman–Crippen MR) is 152 cm³/mol. The van der Waals surface area contributed by atoms with E-state index < -0.39 is 5.41 Å². The van der Waals surface area contributed by atoms with Crippen LogP contribution in [0.25, 0.3) is 32.7 Å². The number of fused-ring (bicyclic) bond motifs is 5. The van der Waals surface area contributed by atoms with Gasteiger partial charge >= 0.3 is 0 Å². The van der Waals surface area contributed by atoms with Gasteiger partial charge in [-0.05, 0) is 81.3 Å². The zero-order valence-corrected chi connectivity index (χ0v) is 20.8. The first kappa shape index (κ1) is 21.7. The van der Waals surface area contributed by atoms with Crippen LogP contribution in [0, 0.1) is 13.8 Å². The number of aryl methyl sites for hydroxylation is 2. The van der Waals surface area contributed by atoms with E-state index in [0.29, 0.717) is 11.5 Å². The highest BCUT2D eigenvalue weighted by molar-refractivity contribution is 5.97. The van der Waals surface area contributed by atoms with Crippen LogP contribution in [0.15, 0.2) is 109 Å². The molecule has 0 aliphatic heterocycles. The second-order valence-corrected chi connectivity index (χ2v) is 10.1. The normalized spacial score (nSPS) is 13.6. The number of phenolic OH excluding ortho intramolecular Hbond substituents is 2. The molecule has 2 heteroatoms. The fourth-order valence-electron chi connectivity index (χ4n) is 6.76. The van der Waals surface area contributed by atoms with Gasteiger partial charge in [0.25, 0.3) is 0 Å². The fourth-order valence-corrected chi connectivity index (χ4v) is 6.76. The third-order valence-corrected chi connectivity index (χ3v) is 8.38. The van der Waals surface area contributed by atoms with Gasteiger partial charge in [0.15, 0.2) is 0 Å². The summed E-state index contributed by atoms with van der Waals surface area (Å²) >= 11 is 0. The summed E-state index contributed by atoms with van der Waals surface area (Å²) in [5, 5.41) is 25.0. The molecule has 1 aliphatic rings. The lowest BCUT2D eigenvalue weighted by molar-refractivity contribution is 0.481. The van der Waals surface area contributed by atoms with Gasteiger partial charge in [0, 0.05) is 10.8 Å². The van der Waals surface area contributed by atoms with E-state index in [-0.39, 0.29) is 0 Å². The highest BCUT2D eigenvalue weighted by Gasteiger charge is 2.47. The van der Waals surface area contributed by atoms with Crippen molar-refractivity contribution in [2.24, 2.45) is 0 Å². The van der Waals surface area contributed by atoms with Crippen LogP contribution in [0.4, 0.5) is 0 Å². The Morgan fingerprint density at radius 3 is 1.30 bits per heavy atom. The number of hydrogen-bond acceptors (Lipinski definition) is 2. The van der Waals surface area contributed by atoms with Crippen molar-refractivity contribution in [3.05, 3.63) is 143 Å². The summed E-state index contributed by atoms with van der Waals surface area (Å²) in [5.41, 5.74) is 9.12. The molecule has 0 heterocycles. The van der Waals surface area contributed by atoms with E-state index in [0.717, 1.165) is 32.7 Å². The van der Waals surface area contributed by atoms with E-state index in [1.54, 1.807) is 12.1 Å². The van der Waals surface area contributed by atoms with Gasteiger partial charge in [-0.15, -0.1) is 0 Å². The Kier molecular flexibility index (Phi) is 4.53. The monoisotopic (exact) mass is 478 g/mol. The summed E-state index contributed by atoms with van der Waals surface area (Å²) in [4.78, 5) is 0. The molecule has 2 nitrogen and oxygen atoms in total. The van der Waals surface area contributed by atoms with Crippen LogP contribution in [0.1, 0.15) is 33.4 Å². The smallest absolute Gasteiger partial charge is 0.123 e. The summed E-state index contributed by atoms with van der Waals surface area (Å²) in [7, 11) is 0. The standard InChI is InChI=1S/C35H26O2/c1-21-23-11-7-15-33(36)27(23)17-19-29(21)35(30-20-18-28-24(22(30)2)12-8-16-34(28)37)31-13-5-3-9-25(31)26-10-4-6-14-32(26)35/h3-20,36-37H,1-2H3. The van der Waals surface area contributed by atoms with Crippen molar-refractivity contribution < 1.29 is 10.2 Å². The zero-order chi connectivity index (χ0) is 25.3. The summed E-state index contributed by atoms with van der Waals surface area (Å²) in [6.45, 7) is 4.34. The second-order valence-electron chi connectivity index (χ2n) is 10.1. The third-order valence-electron chi connectivity index (χ3n) is 8.38. The fraction of sp³-hybridized carbons (Fsp3) is 0.0857. The summed E-state index contributed by atoms with van der Waals surface area (Å²) in [6.07, 6.45) is 0. The van der Waals surface area contributed by atoms with Crippen molar-refractivity contribution in [3.63, 3.8) is 0 Å². The van der Waals surface area contributed by atoms with Gasteiger partial charge in [0.1, 0.15) is 11.5 Å². The number of phenols is 2. The van der Waals surface area contributed by atoms with Crippen molar-refractivity contribution in [2.45, 2.75) is 19.3 Å². The minimum Gasteiger partial charge on any atom is -0.507 e. The van der Waals surface area contributed by atoms with Crippen molar-refractivity contribution in [2.75, 3.05) is 0 Å². The minimum absolute atomic E-state index is 0.297. The first-order chi connectivity index (χ1) is 18.0. The molecule has 1 aliphatic carbocycles. The van der Waals surface area contributed by atoms with Crippen LogP contribution >= 0.6 is 0 Å². The van der Waals surface area contributed by atoms with E-state index >= 15 is 0 Å². The van der Waals surface area contributed by atoms with Crippen LogP contribution in [-0.2, 0) is 5.41 Å². The molecule has 0 fully saturated rings. The van der Waals surface area contributed by atoms with Gasteiger partial charge in [-0.1, -0.05) is 97.1 Å². The predicted octanol–water partition coefficient (Wildman–Crippen LogP) is 8.38. The van der Waals surface area contributed by atoms with Crippen LogP contribution in [0.3, 0.4) is 0 Å². The Balaban J connectivity index is 1.70. The highest BCUT2D eigenvalue weighted by atomic mass is 16.3. The molecule has 0 saturated heterocycles. The average Bonchev–Trinajstić information content (AvgIpc) is 3.21. The number of rotatable bonds is 2. The van der Waals surface area contributed by atoms with Gasteiger partial charge in [-0.25, -0.2) is 0 Å². The maximum Gasteiger partial charge on any atom is 0.123 e. The van der Waals surface area contributed by atoms with Gasteiger partial charge in [0.05, 0.1) is 5.41 Å². The molecule has 7 rings (SSSR count). The molecule has 0 spiro atoms. The van der Waals surface area contributed by atoms with Crippen molar-refractivity contribution in [3.8, 4) is 22.6 Å². The first-order valence-corrected chi connectivity index (χ1v) is 12.7. The average molecular weight is 479 g/mol. The number of benzene rings is 6. The molecular weight excluding hydrogens is 452 g/mol. The first-order valence-electron chi connectivity index (χ1n) is 12.7. The minimum atomic E-state index is -0.555.